The van der Waals surface area contributed by atoms with E-state index in [4.69, 9.17) is 25.5 Å². The Morgan fingerprint density at radius 2 is 1.40 bits per heavy atom. The highest BCUT2D eigenvalue weighted by Crippen LogP contribution is 2.23. The second kappa shape index (κ2) is 15.7. The predicted octanol–water partition coefficient (Wildman–Crippen LogP) is 2.88. The predicted molar refractivity (Wildman–Crippen MR) is 142 cm³/mol. The number of piperazine rings is 1. The van der Waals surface area contributed by atoms with Crippen LogP contribution in [0.1, 0.15) is 0 Å². The summed E-state index contributed by atoms with van der Waals surface area (Å²) < 4.78 is 91.3. The summed E-state index contributed by atoms with van der Waals surface area (Å²) in [5, 5.41) is 21.5. The van der Waals surface area contributed by atoms with Gasteiger partial charge in [0.2, 0.25) is 0 Å². The number of carboxylic acids is 2. The van der Waals surface area contributed by atoms with Crippen LogP contribution in [0.25, 0.3) is 16.9 Å². The van der Waals surface area contributed by atoms with Gasteiger partial charge < -0.3 is 26.2 Å². The third kappa shape index (κ3) is 11.0. The molecular formula is C25H25F8N7O5. The molecule has 4 rings (SSSR count). The molecule has 246 valence electrons. The van der Waals surface area contributed by atoms with Gasteiger partial charge in [-0.15, -0.1) is 0 Å². The van der Waals surface area contributed by atoms with E-state index in [-0.39, 0.29) is 18.7 Å². The monoisotopic (exact) mass is 655 g/mol. The molecule has 0 spiro atoms. The Morgan fingerprint density at radius 3 is 1.82 bits per heavy atom. The van der Waals surface area contributed by atoms with E-state index in [0.717, 1.165) is 42.1 Å². The van der Waals surface area contributed by atoms with Crippen LogP contribution in [-0.4, -0.2) is 86.6 Å². The Labute approximate surface area is 248 Å². The lowest BCUT2D eigenvalue weighted by Crippen LogP contribution is -2.43. The first-order chi connectivity index (χ1) is 20.9. The smallest absolute Gasteiger partial charge is 0.475 e. The number of alkyl halides is 6. The highest BCUT2D eigenvalue weighted by Gasteiger charge is 2.38. The summed E-state index contributed by atoms with van der Waals surface area (Å²) in [6, 6.07) is 11.8. The van der Waals surface area contributed by atoms with Crippen molar-refractivity contribution in [3.05, 3.63) is 71.1 Å². The number of carboxylic acid groups (broad SMARTS) is 2. The molecule has 12 nitrogen and oxygen atoms in total. The van der Waals surface area contributed by atoms with Crippen LogP contribution in [0.15, 0.2) is 65.4 Å². The number of hydrogen-bond acceptors (Lipinski definition) is 8. The third-order valence-corrected chi connectivity index (χ3v) is 5.74. The molecule has 1 fully saturated rings. The van der Waals surface area contributed by atoms with E-state index < -0.39 is 36.1 Å². The van der Waals surface area contributed by atoms with Gasteiger partial charge in [0.15, 0.2) is 0 Å². The van der Waals surface area contributed by atoms with Gasteiger partial charge in [0.05, 0.1) is 24.1 Å². The summed E-state index contributed by atoms with van der Waals surface area (Å²) in [6.45, 7) is 3.23. The van der Waals surface area contributed by atoms with Crippen LogP contribution < -0.4 is 21.6 Å². The molecule has 0 unspecified atom stereocenters. The molecule has 1 aliphatic heterocycles. The number of pyridine rings is 1. The molecule has 5 N–H and O–H groups in total. The van der Waals surface area contributed by atoms with Crippen LogP contribution in [0.2, 0.25) is 0 Å². The molecular weight excluding hydrogens is 630 g/mol. The number of nitrogens with two attached hydrogens (primary N) is 1. The molecule has 1 aliphatic rings. The molecule has 1 saturated heterocycles. The maximum atomic E-state index is 12.8. The molecule has 45 heavy (non-hydrogen) atoms. The van der Waals surface area contributed by atoms with Crippen molar-refractivity contribution < 1.29 is 54.9 Å². The van der Waals surface area contributed by atoms with Crippen LogP contribution in [0, 0.1) is 0 Å². The molecule has 3 heterocycles. The van der Waals surface area contributed by atoms with E-state index in [1.807, 2.05) is 18.2 Å². The second-order valence-electron chi connectivity index (χ2n) is 8.80. The van der Waals surface area contributed by atoms with Crippen LogP contribution in [0.3, 0.4) is 0 Å². The first-order valence-electron chi connectivity index (χ1n) is 12.5. The lowest BCUT2D eigenvalue weighted by molar-refractivity contribution is -0.193. The lowest BCUT2D eigenvalue weighted by atomic mass is 10.1. The van der Waals surface area contributed by atoms with Crippen LogP contribution in [0.4, 0.5) is 40.8 Å². The number of nitrogens with one attached hydrogen (secondary N) is 1. The van der Waals surface area contributed by atoms with E-state index in [1.54, 1.807) is 12.3 Å². The average Bonchev–Trinajstić information content (AvgIpc) is 3.35. The molecule has 0 aliphatic carbocycles. The van der Waals surface area contributed by atoms with Crippen molar-refractivity contribution in [1.29, 1.82) is 0 Å². The molecule has 0 bridgehead atoms. The van der Waals surface area contributed by atoms with Crippen molar-refractivity contribution in [2.75, 3.05) is 37.6 Å². The highest BCUT2D eigenvalue weighted by atomic mass is 19.4. The van der Waals surface area contributed by atoms with Crippen molar-refractivity contribution in [2.24, 2.45) is 5.73 Å². The first kappa shape index (κ1) is 36.3. The fraction of sp³-hybridized carbons (Fsp3) is 0.320. The Bertz CT molecular complexity index is 1480. The van der Waals surface area contributed by atoms with E-state index in [9.17, 15) is 39.9 Å². The van der Waals surface area contributed by atoms with E-state index >= 15 is 0 Å². The maximum Gasteiger partial charge on any atom is 0.490 e. The van der Waals surface area contributed by atoms with Gasteiger partial charge in [-0.2, -0.15) is 40.2 Å². The summed E-state index contributed by atoms with van der Waals surface area (Å²) in [6.07, 6.45) is -9.22. The third-order valence-electron chi connectivity index (χ3n) is 5.74. The molecule has 0 saturated carbocycles. The lowest BCUT2D eigenvalue weighted by Gasteiger charge is -2.29. The fourth-order valence-corrected chi connectivity index (χ4v) is 3.47. The Kier molecular flexibility index (Phi) is 12.7. The zero-order valence-electron chi connectivity index (χ0n) is 22.8. The quantitative estimate of drug-likeness (QED) is 0.290. The Balaban J connectivity index is 0.000000421. The maximum absolute atomic E-state index is 12.8. The van der Waals surface area contributed by atoms with E-state index in [1.165, 1.54) is 16.6 Å². The number of carbonyl (C=O) groups is 2. The topological polar surface area (TPSA) is 169 Å². The zero-order valence-corrected chi connectivity index (χ0v) is 22.8. The molecule has 0 radical (unpaired) electrons. The van der Waals surface area contributed by atoms with Crippen molar-refractivity contribution in [2.45, 2.75) is 18.9 Å². The number of rotatable bonds is 6. The van der Waals surface area contributed by atoms with Gasteiger partial charge in [0.25, 0.3) is 6.08 Å². The van der Waals surface area contributed by atoms with Gasteiger partial charge in [-0.1, -0.05) is 12.1 Å². The van der Waals surface area contributed by atoms with Gasteiger partial charge in [0, 0.05) is 49.5 Å². The van der Waals surface area contributed by atoms with Crippen molar-refractivity contribution >= 4 is 17.6 Å². The minimum absolute atomic E-state index is 0.329. The molecule has 0 amide bonds. The van der Waals surface area contributed by atoms with E-state index in [2.05, 4.69) is 32.4 Å². The highest BCUT2D eigenvalue weighted by molar-refractivity contribution is 5.73. The largest absolute Gasteiger partial charge is 0.490 e. The average molecular weight is 656 g/mol. The van der Waals surface area contributed by atoms with Crippen LogP contribution in [0.5, 0.6) is 0 Å². The Morgan fingerprint density at radius 1 is 0.889 bits per heavy atom. The molecule has 0 atom stereocenters. The second-order valence-corrected chi connectivity index (χ2v) is 8.80. The van der Waals surface area contributed by atoms with Crippen LogP contribution in [-0.2, 0) is 16.1 Å². The number of aromatic nitrogens is 4. The summed E-state index contributed by atoms with van der Waals surface area (Å²) in [4.78, 5) is 37.1. The number of anilines is 1. The van der Waals surface area contributed by atoms with Gasteiger partial charge in [-0.25, -0.2) is 23.6 Å². The molecule has 2 aromatic heterocycles. The van der Waals surface area contributed by atoms with Crippen molar-refractivity contribution in [1.82, 2.24) is 24.6 Å². The normalized spacial score (nSPS) is 13.1. The number of benzene rings is 1. The zero-order chi connectivity index (χ0) is 33.9. The number of aliphatic carboxylic acids is 2. The number of hydrogen-bond donors (Lipinski definition) is 4. The van der Waals surface area contributed by atoms with Gasteiger partial charge in [0.1, 0.15) is 6.33 Å². The summed E-state index contributed by atoms with van der Waals surface area (Å²) in [5.74, 6) is -5.51. The van der Waals surface area contributed by atoms with Gasteiger partial charge >= 0.3 is 30.0 Å². The SMILES string of the molecule is NCC(Cn1ncn(-c2ccc(-c3ccc(N4CCNCC4)cc3)nc2)c1=O)=C(F)F.O=C(O)C(F)(F)F.O=C(O)C(F)(F)F. The van der Waals surface area contributed by atoms with Crippen LogP contribution >= 0.6 is 0 Å². The van der Waals surface area contributed by atoms with E-state index in [0.29, 0.717) is 5.69 Å². The molecule has 1 aromatic carbocycles. The van der Waals surface area contributed by atoms with Gasteiger partial charge in [-0.05, 0) is 24.3 Å². The molecule has 20 heteroatoms. The van der Waals surface area contributed by atoms with Gasteiger partial charge in [-0.3, -0.25) is 4.98 Å². The van der Waals surface area contributed by atoms with Crippen molar-refractivity contribution in [3.8, 4) is 16.9 Å². The minimum Gasteiger partial charge on any atom is -0.475 e. The number of nitrogens with zero attached hydrogens (tertiary/aromatic N) is 5. The summed E-state index contributed by atoms with van der Waals surface area (Å²) in [7, 11) is 0. The minimum atomic E-state index is -5.08. The molecule has 3 aromatic rings. The summed E-state index contributed by atoms with van der Waals surface area (Å²) in [5.41, 5.74) is 7.85. The standard InChI is InChI=1S/C21H23F2N7O.2C2HF3O2/c22-20(23)16(11-24)13-30-21(31)29(14-27-30)18-5-6-19(26-12-18)15-1-3-17(4-2-15)28-9-7-25-8-10-28;2*3-2(4,5)1(6)7/h1-6,12,14,25H,7-11,13,24H2;2*(H,6,7). The number of halogens is 8. The summed E-state index contributed by atoms with van der Waals surface area (Å²) >= 11 is 0. The Hall–Kier alpha value is -4.85. The van der Waals surface area contributed by atoms with Crippen molar-refractivity contribution in [3.63, 3.8) is 0 Å². The first-order valence-corrected chi connectivity index (χ1v) is 12.5. The fourth-order valence-electron chi connectivity index (χ4n) is 3.47.